The number of aryl methyl sites for hydroxylation is 1. The van der Waals surface area contributed by atoms with Crippen LogP contribution in [0.1, 0.15) is 40.6 Å². The maximum absolute atomic E-state index is 11.7. The summed E-state index contributed by atoms with van der Waals surface area (Å²) in [5, 5.41) is 12.4. The van der Waals surface area contributed by atoms with E-state index in [0.29, 0.717) is 30.9 Å². The Hall–Kier alpha value is -1.40. The van der Waals surface area contributed by atoms with Crippen LogP contribution in [0.5, 0.6) is 0 Å². The van der Waals surface area contributed by atoms with Crippen molar-refractivity contribution in [1.29, 1.82) is 0 Å². The van der Waals surface area contributed by atoms with E-state index >= 15 is 0 Å². The molecule has 0 unspecified atom stereocenters. The van der Waals surface area contributed by atoms with E-state index in [2.05, 4.69) is 5.32 Å². The number of methoxy groups -OCH3 is 1. The van der Waals surface area contributed by atoms with Crippen molar-refractivity contribution >= 4 is 28.2 Å². The van der Waals surface area contributed by atoms with Gasteiger partial charge in [-0.3, -0.25) is 4.79 Å². The number of thiophene rings is 1. The summed E-state index contributed by atoms with van der Waals surface area (Å²) in [5.41, 5.74) is 1.02. The third-order valence-corrected chi connectivity index (χ3v) is 3.84. The van der Waals surface area contributed by atoms with Crippen LogP contribution in [0.15, 0.2) is 0 Å². The molecule has 1 heterocycles. The minimum Gasteiger partial charge on any atom is -0.478 e. The van der Waals surface area contributed by atoms with Crippen LogP contribution in [0.2, 0.25) is 0 Å². The minimum atomic E-state index is -0.992. The smallest absolute Gasteiger partial charge is 0.339 e. The van der Waals surface area contributed by atoms with Gasteiger partial charge in [-0.25, -0.2) is 4.79 Å². The molecule has 0 saturated heterocycles. The molecule has 0 saturated carbocycles. The number of amides is 1. The average Bonchev–Trinajstić information content (AvgIpc) is 2.65. The summed E-state index contributed by atoms with van der Waals surface area (Å²) in [6, 6.07) is 0. The summed E-state index contributed by atoms with van der Waals surface area (Å²) in [5.74, 6) is -1.17. The third kappa shape index (κ3) is 4.04. The minimum absolute atomic E-state index is 0.177. The highest BCUT2D eigenvalue weighted by Crippen LogP contribution is 2.33. The van der Waals surface area contributed by atoms with E-state index < -0.39 is 5.97 Å². The molecule has 0 radical (unpaired) electrons. The van der Waals surface area contributed by atoms with Gasteiger partial charge in [0, 0.05) is 25.0 Å². The van der Waals surface area contributed by atoms with Gasteiger partial charge in [0.2, 0.25) is 5.91 Å². The standard InChI is InChI=1S/C13H19NO4S/c1-4-9-8(2)19-12(11(9)13(16)17)14-10(15)6-5-7-18-3/h4-7H2,1-3H3,(H,14,15)(H,16,17). The van der Waals surface area contributed by atoms with Crippen LogP contribution in [0.25, 0.3) is 0 Å². The molecule has 1 amide bonds. The van der Waals surface area contributed by atoms with Gasteiger partial charge < -0.3 is 15.2 Å². The number of aromatic carboxylic acids is 1. The van der Waals surface area contributed by atoms with E-state index in [4.69, 9.17) is 4.74 Å². The van der Waals surface area contributed by atoms with Crippen molar-refractivity contribution in [2.75, 3.05) is 19.0 Å². The quantitative estimate of drug-likeness (QED) is 0.755. The number of carbonyl (C=O) groups excluding carboxylic acids is 1. The van der Waals surface area contributed by atoms with E-state index in [9.17, 15) is 14.7 Å². The first-order valence-electron chi connectivity index (χ1n) is 6.15. The van der Waals surface area contributed by atoms with Gasteiger partial charge in [0.1, 0.15) is 5.00 Å². The van der Waals surface area contributed by atoms with Crippen LogP contribution in [-0.2, 0) is 16.0 Å². The van der Waals surface area contributed by atoms with Crippen molar-refractivity contribution in [2.45, 2.75) is 33.1 Å². The summed E-state index contributed by atoms with van der Waals surface area (Å²) in [6.45, 7) is 4.30. The zero-order valence-electron chi connectivity index (χ0n) is 11.4. The fourth-order valence-electron chi connectivity index (χ4n) is 1.88. The Kier molecular flexibility index (Phi) is 5.98. The second-order valence-corrected chi connectivity index (χ2v) is 5.37. The van der Waals surface area contributed by atoms with Crippen molar-refractivity contribution in [3.8, 4) is 0 Å². The molecule has 0 aliphatic heterocycles. The van der Waals surface area contributed by atoms with Crippen LogP contribution in [0, 0.1) is 6.92 Å². The Morgan fingerprint density at radius 3 is 2.63 bits per heavy atom. The number of anilines is 1. The number of carbonyl (C=O) groups is 2. The zero-order valence-corrected chi connectivity index (χ0v) is 12.2. The lowest BCUT2D eigenvalue weighted by atomic mass is 10.1. The molecule has 1 rings (SSSR count). The number of hydrogen-bond donors (Lipinski definition) is 2. The van der Waals surface area contributed by atoms with Crippen molar-refractivity contribution in [3.63, 3.8) is 0 Å². The predicted molar refractivity (Wildman–Crippen MR) is 75.1 cm³/mol. The summed E-state index contributed by atoms with van der Waals surface area (Å²) < 4.78 is 4.87. The average molecular weight is 285 g/mol. The Bertz CT molecular complexity index is 467. The van der Waals surface area contributed by atoms with Gasteiger partial charge in [0.15, 0.2) is 0 Å². The second kappa shape index (κ2) is 7.25. The maximum Gasteiger partial charge on any atom is 0.339 e. The number of ether oxygens (including phenoxy) is 1. The molecule has 0 atom stereocenters. The first-order chi connectivity index (χ1) is 9.01. The van der Waals surface area contributed by atoms with E-state index in [0.717, 1.165) is 10.4 Å². The SMILES string of the molecule is CCc1c(C)sc(NC(=O)CCCOC)c1C(=O)O. The normalized spacial score (nSPS) is 10.5. The van der Waals surface area contributed by atoms with Gasteiger partial charge in [-0.1, -0.05) is 6.92 Å². The summed E-state index contributed by atoms with van der Waals surface area (Å²) in [6.07, 6.45) is 1.59. The number of hydrogen-bond acceptors (Lipinski definition) is 4. The summed E-state index contributed by atoms with van der Waals surface area (Å²) in [4.78, 5) is 23.9. The maximum atomic E-state index is 11.7. The highest BCUT2D eigenvalue weighted by Gasteiger charge is 2.21. The first kappa shape index (κ1) is 15.7. The van der Waals surface area contributed by atoms with Crippen LogP contribution in [0.3, 0.4) is 0 Å². The molecule has 6 heteroatoms. The molecular formula is C13H19NO4S. The third-order valence-electron chi connectivity index (χ3n) is 2.78. The van der Waals surface area contributed by atoms with Gasteiger partial charge in [-0.05, 0) is 25.3 Å². The lowest BCUT2D eigenvalue weighted by Gasteiger charge is -2.05. The van der Waals surface area contributed by atoms with Gasteiger partial charge in [0.05, 0.1) is 5.56 Å². The van der Waals surface area contributed by atoms with Crippen molar-refractivity contribution in [1.82, 2.24) is 0 Å². The Labute approximate surface area is 116 Å². The summed E-state index contributed by atoms with van der Waals surface area (Å²) >= 11 is 1.32. The highest BCUT2D eigenvalue weighted by atomic mass is 32.1. The fraction of sp³-hybridized carbons (Fsp3) is 0.538. The second-order valence-electron chi connectivity index (χ2n) is 4.14. The monoisotopic (exact) mass is 285 g/mol. The molecule has 19 heavy (non-hydrogen) atoms. The lowest BCUT2D eigenvalue weighted by molar-refractivity contribution is -0.116. The topological polar surface area (TPSA) is 75.6 Å². The molecule has 1 aromatic rings. The Morgan fingerprint density at radius 1 is 1.42 bits per heavy atom. The Morgan fingerprint density at radius 2 is 2.11 bits per heavy atom. The van der Waals surface area contributed by atoms with Crippen LogP contribution in [-0.4, -0.2) is 30.7 Å². The molecule has 2 N–H and O–H groups in total. The first-order valence-corrected chi connectivity index (χ1v) is 6.97. The van der Waals surface area contributed by atoms with Crippen LogP contribution < -0.4 is 5.32 Å². The fourth-order valence-corrected chi connectivity index (χ4v) is 3.04. The largest absolute Gasteiger partial charge is 0.478 e. The predicted octanol–water partition coefficient (Wildman–Crippen LogP) is 2.68. The number of rotatable bonds is 7. The molecule has 0 aromatic carbocycles. The summed E-state index contributed by atoms with van der Waals surface area (Å²) in [7, 11) is 1.58. The van der Waals surface area contributed by atoms with Gasteiger partial charge >= 0.3 is 5.97 Å². The number of nitrogens with one attached hydrogen (secondary N) is 1. The van der Waals surface area contributed by atoms with Crippen LogP contribution >= 0.6 is 11.3 Å². The van der Waals surface area contributed by atoms with E-state index in [1.165, 1.54) is 11.3 Å². The van der Waals surface area contributed by atoms with E-state index in [1.54, 1.807) is 7.11 Å². The molecule has 0 aliphatic carbocycles. The number of carboxylic acid groups (broad SMARTS) is 1. The van der Waals surface area contributed by atoms with E-state index in [-0.39, 0.29) is 11.5 Å². The molecular weight excluding hydrogens is 266 g/mol. The molecule has 0 spiro atoms. The molecule has 0 fully saturated rings. The highest BCUT2D eigenvalue weighted by molar-refractivity contribution is 7.16. The zero-order chi connectivity index (χ0) is 14.4. The molecule has 0 aliphatic rings. The molecule has 0 bridgehead atoms. The molecule has 106 valence electrons. The van der Waals surface area contributed by atoms with Crippen molar-refractivity contribution < 1.29 is 19.4 Å². The van der Waals surface area contributed by atoms with Gasteiger partial charge in [0.25, 0.3) is 0 Å². The van der Waals surface area contributed by atoms with E-state index in [1.807, 2.05) is 13.8 Å². The number of carboxylic acids is 1. The lowest BCUT2D eigenvalue weighted by Crippen LogP contribution is -2.14. The van der Waals surface area contributed by atoms with Crippen LogP contribution in [0.4, 0.5) is 5.00 Å². The van der Waals surface area contributed by atoms with Gasteiger partial charge in [-0.15, -0.1) is 11.3 Å². The van der Waals surface area contributed by atoms with Crippen molar-refractivity contribution in [3.05, 3.63) is 16.0 Å². The van der Waals surface area contributed by atoms with Crippen molar-refractivity contribution in [2.24, 2.45) is 0 Å². The van der Waals surface area contributed by atoms with Gasteiger partial charge in [-0.2, -0.15) is 0 Å². The molecule has 5 nitrogen and oxygen atoms in total. The Balaban J connectivity index is 2.83. The molecule has 1 aromatic heterocycles.